The van der Waals surface area contributed by atoms with Crippen molar-refractivity contribution in [1.29, 1.82) is 0 Å². The van der Waals surface area contributed by atoms with E-state index < -0.39 is 18.1 Å². The maximum absolute atomic E-state index is 14.2. The van der Waals surface area contributed by atoms with E-state index in [2.05, 4.69) is 25.9 Å². The number of hydrogen-bond donors (Lipinski definition) is 6. The van der Waals surface area contributed by atoms with Crippen molar-refractivity contribution < 1.29 is 39.2 Å². The number of unbranched alkanes of at least 4 members (excludes halogenated alkanes) is 1. The fourth-order valence-corrected chi connectivity index (χ4v) is 9.08. The first kappa shape index (κ1) is 48.9. The Kier molecular flexibility index (Phi) is 14.6. The molecule has 2 aromatic carbocycles. The molecule has 2 amide bonds. The summed E-state index contributed by atoms with van der Waals surface area (Å²) < 4.78 is 9.03. The number of carbonyl (C=O) groups excluding carboxylic acids is 2. The van der Waals surface area contributed by atoms with E-state index in [1.165, 1.54) is 35.0 Å². The van der Waals surface area contributed by atoms with Crippen molar-refractivity contribution >= 4 is 52.3 Å². The number of carboxylic acids is 1. The number of anilines is 4. The van der Waals surface area contributed by atoms with Gasteiger partial charge in [0.1, 0.15) is 29.7 Å². The van der Waals surface area contributed by atoms with E-state index in [0.717, 1.165) is 6.42 Å². The number of rotatable bonds is 18. The highest BCUT2D eigenvalue weighted by Crippen LogP contribution is 2.42. The van der Waals surface area contributed by atoms with E-state index in [1.54, 1.807) is 58.1 Å². The van der Waals surface area contributed by atoms with Crippen molar-refractivity contribution in [2.75, 3.05) is 80.6 Å². The average molecular weight is 986 g/mol. The summed E-state index contributed by atoms with van der Waals surface area (Å²) in [6, 6.07) is 13.0. The Bertz CT molecular complexity index is 3100. The molecule has 9 rings (SSSR count). The Labute approximate surface area is 411 Å². The molecule has 0 spiro atoms. The number of aromatic nitrogens is 9. The molecule has 3 aliphatic heterocycles. The molecular weight excluding hydrogens is 931 g/mol. The molecule has 24 heteroatoms. The number of phenols is 1. The summed E-state index contributed by atoms with van der Waals surface area (Å²) in [6.07, 6.45) is 5.33. The van der Waals surface area contributed by atoms with Crippen LogP contribution < -0.4 is 26.3 Å². The third-order valence-corrected chi connectivity index (χ3v) is 12.7. The van der Waals surface area contributed by atoms with Crippen LogP contribution in [0.5, 0.6) is 5.75 Å². The van der Waals surface area contributed by atoms with Crippen LogP contribution in [0, 0.1) is 0 Å². The lowest BCUT2D eigenvalue weighted by molar-refractivity contribution is -0.135. The van der Waals surface area contributed by atoms with Gasteiger partial charge in [-0.05, 0) is 74.7 Å². The second-order valence-electron chi connectivity index (χ2n) is 17.9. The van der Waals surface area contributed by atoms with Crippen molar-refractivity contribution in [3.8, 4) is 28.2 Å². The lowest BCUT2D eigenvalue weighted by atomic mass is 9.90. The number of aliphatic hydroxyl groups is 2. The maximum atomic E-state index is 14.2. The first-order chi connectivity index (χ1) is 34.8. The van der Waals surface area contributed by atoms with E-state index in [4.69, 9.17) is 25.1 Å². The molecule has 72 heavy (non-hydrogen) atoms. The number of aromatic carboxylic acids is 1. The van der Waals surface area contributed by atoms with Crippen LogP contribution in [0.2, 0.25) is 0 Å². The van der Waals surface area contributed by atoms with Gasteiger partial charge >= 0.3 is 5.97 Å². The fraction of sp³-hybridized carbons (Fsp3) is 0.396. The van der Waals surface area contributed by atoms with Gasteiger partial charge in [-0.1, -0.05) is 16.5 Å². The minimum absolute atomic E-state index is 0.0119. The molecule has 2 saturated heterocycles. The number of nitrogens with one attached hydrogen (secondary N) is 1. The molecule has 0 bridgehead atoms. The summed E-state index contributed by atoms with van der Waals surface area (Å²) in [5, 5.41) is 60.4. The summed E-state index contributed by atoms with van der Waals surface area (Å²) in [5.74, 6) is -0.585. The Hall–Kier alpha value is -8.09. The van der Waals surface area contributed by atoms with Gasteiger partial charge in [0.25, 0.3) is 0 Å². The minimum Gasteiger partial charge on any atom is -0.508 e. The topological polar surface area (TPSA) is 313 Å². The summed E-state index contributed by atoms with van der Waals surface area (Å²) in [4.78, 5) is 75.0. The Balaban J connectivity index is 0.990. The number of benzene rings is 3. The zero-order valence-corrected chi connectivity index (χ0v) is 39.5. The van der Waals surface area contributed by atoms with Gasteiger partial charge in [0.05, 0.1) is 23.1 Å². The van der Waals surface area contributed by atoms with Gasteiger partial charge in [-0.15, -0.1) is 10.2 Å². The van der Waals surface area contributed by atoms with Crippen LogP contribution >= 0.6 is 0 Å². The number of piperazine rings is 2. The number of phenolic OH excluding ortho intramolecular Hbond substituents is 1. The molecular formula is C48H55N15O9. The zero-order chi connectivity index (χ0) is 50.5. The molecule has 0 saturated carbocycles. The maximum Gasteiger partial charge on any atom is 0.336 e. The molecule has 6 heterocycles. The number of aromatic hydroxyl groups is 1. The average Bonchev–Trinajstić information content (AvgIpc) is 4.03. The van der Waals surface area contributed by atoms with E-state index in [1.807, 2.05) is 9.80 Å². The van der Waals surface area contributed by atoms with E-state index in [-0.39, 0.29) is 59.0 Å². The number of carboxylic acid groups (broad SMARTS) is 1. The predicted molar refractivity (Wildman–Crippen MR) is 262 cm³/mol. The highest BCUT2D eigenvalue weighted by molar-refractivity contribution is 6.08. The SMILES string of the molecule is CC(O)Cc1cn([C@@H](CCCCN)C(=O)N2CCN(c3nc(Nc4ccc(-c5c6ccc(=O)cc-6oc6cc(O)ccc56)c(C(=O)O)c4)nc(N4CCN(C(=O)Cn5cc(CCO)nn5)CC4)n3)CC2)nn1. The largest absolute Gasteiger partial charge is 0.508 e. The molecule has 24 nitrogen and oxygen atoms in total. The molecule has 1 aliphatic carbocycles. The molecule has 7 N–H and O–H groups in total. The van der Waals surface area contributed by atoms with Gasteiger partial charge < -0.3 is 55.5 Å². The van der Waals surface area contributed by atoms with Crippen molar-refractivity contribution in [2.45, 2.75) is 57.7 Å². The number of aliphatic hydroxyl groups excluding tert-OH is 2. The van der Waals surface area contributed by atoms with Crippen molar-refractivity contribution in [3.63, 3.8) is 0 Å². The van der Waals surface area contributed by atoms with Crippen molar-refractivity contribution in [2.24, 2.45) is 5.73 Å². The second kappa shape index (κ2) is 21.5. The van der Waals surface area contributed by atoms with Crippen LogP contribution in [0.25, 0.3) is 33.4 Å². The highest BCUT2D eigenvalue weighted by Gasteiger charge is 2.32. The van der Waals surface area contributed by atoms with Gasteiger partial charge in [-0.3, -0.25) is 14.4 Å². The normalized spacial score (nSPS) is 15.1. The second-order valence-corrected chi connectivity index (χ2v) is 17.9. The number of nitrogens with two attached hydrogens (primary N) is 1. The van der Waals surface area contributed by atoms with Crippen LogP contribution in [-0.2, 0) is 29.0 Å². The summed E-state index contributed by atoms with van der Waals surface area (Å²) in [7, 11) is 0. The van der Waals surface area contributed by atoms with Gasteiger partial charge in [0, 0.05) is 119 Å². The number of carbonyl (C=O) groups is 3. The molecule has 3 aromatic heterocycles. The fourth-order valence-electron chi connectivity index (χ4n) is 9.08. The number of nitrogens with zero attached hydrogens (tertiary/aromatic N) is 13. The Morgan fingerprint density at radius 1 is 0.819 bits per heavy atom. The number of hydrogen-bond acceptors (Lipinski definition) is 19. The van der Waals surface area contributed by atoms with Gasteiger partial charge in [0.15, 0.2) is 5.43 Å². The van der Waals surface area contributed by atoms with Crippen LogP contribution in [0.4, 0.5) is 23.5 Å². The minimum atomic E-state index is -1.23. The van der Waals surface area contributed by atoms with Crippen molar-refractivity contribution in [3.05, 3.63) is 94.2 Å². The third-order valence-electron chi connectivity index (χ3n) is 12.7. The van der Waals surface area contributed by atoms with Crippen LogP contribution in [0.1, 0.15) is 54.0 Å². The highest BCUT2D eigenvalue weighted by atomic mass is 16.4. The molecule has 0 radical (unpaired) electrons. The summed E-state index contributed by atoms with van der Waals surface area (Å²) in [5.41, 5.74) is 8.52. The van der Waals surface area contributed by atoms with Crippen molar-refractivity contribution in [1.82, 2.24) is 54.7 Å². The molecule has 2 atom stereocenters. The predicted octanol–water partition coefficient (Wildman–Crippen LogP) is 1.91. The van der Waals surface area contributed by atoms with E-state index >= 15 is 0 Å². The lowest BCUT2D eigenvalue weighted by Gasteiger charge is -2.37. The lowest BCUT2D eigenvalue weighted by Crippen LogP contribution is -2.51. The first-order valence-corrected chi connectivity index (χ1v) is 23.8. The molecule has 2 fully saturated rings. The van der Waals surface area contributed by atoms with Crippen LogP contribution in [-0.4, -0.2) is 165 Å². The zero-order valence-electron chi connectivity index (χ0n) is 39.5. The molecule has 5 aromatic rings. The summed E-state index contributed by atoms with van der Waals surface area (Å²) in [6.45, 7) is 4.96. The smallest absolute Gasteiger partial charge is 0.336 e. The standard InChI is InChI=1S/C48H55N15O9/c1-29(65)22-32-27-63(57-55-32)39(4-2-3-12-49)44(69)59-15-19-61(20-16-59)48-52-46(51-47(53-48)60-17-13-58(14-18-60)42(68)28-62-26-31(11-21-64)54-56-62)50-30-5-8-35(38(23-30)45(70)71)43-36-9-6-33(66)24-40(36)72-41-25-34(67)7-10-37(41)43/h5-10,23-27,29,39,64-66H,2-4,11-22,28,49H2,1H3,(H,70,71)(H,50,51,52,53)/t29?,39-/m0/s1. The first-order valence-electron chi connectivity index (χ1n) is 23.8. The van der Waals surface area contributed by atoms with E-state index in [9.17, 15) is 39.6 Å². The van der Waals surface area contributed by atoms with Gasteiger partial charge in [-0.2, -0.15) is 15.0 Å². The van der Waals surface area contributed by atoms with Gasteiger partial charge in [0.2, 0.25) is 29.7 Å². The molecule has 1 unspecified atom stereocenters. The van der Waals surface area contributed by atoms with E-state index in [0.29, 0.717) is 136 Å². The molecule has 4 aliphatic rings. The number of fused-ring (bicyclic) bond motifs is 2. The number of amides is 2. The quantitative estimate of drug-likeness (QED) is 0.0528. The Morgan fingerprint density at radius 3 is 2.22 bits per heavy atom. The molecule has 376 valence electrons. The van der Waals surface area contributed by atoms with Gasteiger partial charge in [-0.25, -0.2) is 14.2 Å². The monoisotopic (exact) mass is 985 g/mol. The Morgan fingerprint density at radius 2 is 1.53 bits per heavy atom. The van der Waals surface area contributed by atoms with Crippen LogP contribution in [0.3, 0.4) is 0 Å². The summed E-state index contributed by atoms with van der Waals surface area (Å²) >= 11 is 0. The van der Waals surface area contributed by atoms with Crippen LogP contribution in [0.15, 0.2) is 76.2 Å². The third kappa shape index (κ3) is 10.9.